The molecule has 0 aliphatic heterocycles. The number of rotatable bonds is 9. The van der Waals surface area contributed by atoms with Crippen LogP contribution in [0.5, 0.6) is 5.75 Å². The van der Waals surface area contributed by atoms with E-state index in [1.807, 2.05) is 66.1 Å². The van der Waals surface area contributed by atoms with Gasteiger partial charge in [0.05, 0.1) is 24.1 Å². The largest absolute Gasteiger partial charge is 0.494 e. The molecule has 1 amide bonds. The Hall–Kier alpha value is -4.12. The summed E-state index contributed by atoms with van der Waals surface area (Å²) in [6, 6.07) is 21.9. The van der Waals surface area contributed by atoms with Crippen LogP contribution >= 0.6 is 11.8 Å². The molecule has 0 radical (unpaired) electrons. The maximum atomic E-state index is 13.1. The minimum absolute atomic E-state index is 0.0811. The first-order valence-corrected chi connectivity index (χ1v) is 12.2. The number of hydrogen-bond donors (Lipinski definition) is 1. The van der Waals surface area contributed by atoms with Crippen LogP contribution in [0, 0.1) is 0 Å². The lowest BCUT2D eigenvalue weighted by Crippen LogP contribution is -2.20. The molecule has 0 unspecified atom stereocenters. The van der Waals surface area contributed by atoms with Gasteiger partial charge in [0.2, 0.25) is 0 Å². The van der Waals surface area contributed by atoms with Crippen LogP contribution < -0.4 is 10.2 Å². The van der Waals surface area contributed by atoms with Crippen molar-refractivity contribution in [1.82, 2.24) is 20.2 Å². The molecule has 0 saturated heterocycles. The van der Waals surface area contributed by atoms with Crippen molar-refractivity contribution >= 4 is 23.9 Å². The smallest absolute Gasteiger partial charge is 0.417 e. The van der Waals surface area contributed by atoms with E-state index >= 15 is 0 Å². The van der Waals surface area contributed by atoms with Crippen molar-refractivity contribution < 1.29 is 22.7 Å². The fourth-order valence-corrected chi connectivity index (χ4v) is 4.18. The number of hydrogen-bond acceptors (Lipinski definition) is 6. The third-order valence-electron chi connectivity index (χ3n) is 5.06. The number of ether oxygens (including phenoxy) is 1. The van der Waals surface area contributed by atoms with Gasteiger partial charge in [0.1, 0.15) is 5.75 Å². The second kappa shape index (κ2) is 11.7. The maximum absolute atomic E-state index is 13.1. The summed E-state index contributed by atoms with van der Waals surface area (Å²) in [6.07, 6.45) is -3.55. The molecule has 0 bridgehead atoms. The Morgan fingerprint density at radius 1 is 1.03 bits per heavy atom. The average Bonchev–Trinajstić information content (AvgIpc) is 3.32. The summed E-state index contributed by atoms with van der Waals surface area (Å²) in [4.78, 5) is 12.4. The topological polar surface area (TPSA) is 81.4 Å². The molecular weight excluding hydrogens is 503 g/mol. The van der Waals surface area contributed by atoms with E-state index in [-0.39, 0.29) is 11.3 Å². The van der Waals surface area contributed by atoms with Gasteiger partial charge in [-0.25, -0.2) is 5.43 Å². The fraction of sp³-hybridized carbons (Fsp3) is 0.154. The van der Waals surface area contributed by atoms with Crippen LogP contribution in [0.3, 0.4) is 0 Å². The van der Waals surface area contributed by atoms with Gasteiger partial charge in [-0.2, -0.15) is 18.3 Å². The highest BCUT2D eigenvalue weighted by Crippen LogP contribution is 2.31. The first kappa shape index (κ1) is 26.0. The number of nitrogens with zero attached hydrogens (tertiary/aromatic N) is 4. The summed E-state index contributed by atoms with van der Waals surface area (Å²) in [7, 11) is 0. The molecule has 1 N–H and O–H groups in total. The number of thioether (sulfide) groups is 1. The number of nitrogens with one attached hydrogen (secondary N) is 1. The maximum Gasteiger partial charge on any atom is 0.417 e. The molecule has 7 nitrogen and oxygen atoms in total. The van der Waals surface area contributed by atoms with Crippen LogP contribution in [0.4, 0.5) is 13.2 Å². The normalized spacial score (nSPS) is 11.6. The van der Waals surface area contributed by atoms with Gasteiger partial charge >= 0.3 is 6.18 Å². The summed E-state index contributed by atoms with van der Waals surface area (Å²) in [5.41, 5.74) is 2.90. The van der Waals surface area contributed by atoms with Crippen molar-refractivity contribution in [3.8, 4) is 22.8 Å². The predicted octanol–water partition coefficient (Wildman–Crippen LogP) is 5.59. The van der Waals surface area contributed by atoms with E-state index in [4.69, 9.17) is 4.74 Å². The summed E-state index contributed by atoms with van der Waals surface area (Å²) >= 11 is 1.13. The zero-order valence-electron chi connectivity index (χ0n) is 19.6. The van der Waals surface area contributed by atoms with Crippen molar-refractivity contribution in [2.24, 2.45) is 5.10 Å². The number of halogens is 3. The van der Waals surface area contributed by atoms with Crippen molar-refractivity contribution in [3.63, 3.8) is 0 Å². The lowest BCUT2D eigenvalue weighted by molar-refractivity contribution is -0.137. The first-order valence-electron chi connectivity index (χ1n) is 11.2. The van der Waals surface area contributed by atoms with Gasteiger partial charge in [-0.15, -0.1) is 10.2 Å². The van der Waals surface area contributed by atoms with Gasteiger partial charge in [-0.1, -0.05) is 60.3 Å². The monoisotopic (exact) mass is 525 g/mol. The van der Waals surface area contributed by atoms with Crippen LogP contribution in [0.15, 0.2) is 89.1 Å². The van der Waals surface area contributed by atoms with Gasteiger partial charge in [0.25, 0.3) is 5.91 Å². The number of aromatic nitrogens is 3. The average molecular weight is 526 g/mol. The molecule has 4 aromatic rings. The van der Waals surface area contributed by atoms with Crippen LogP contribution in [-0.4, -0.2) is 39.2 Å². The molecule has 0 aliphatic carbocycles. The van der Waals surface area contributed by atoms with Crippen LogP contribution in [0.1, 0.15) is 18.1 Å². The highest BCUT2D eigenvalue weighted by Gasteiger charge is 2.32. The van der Waals surface area contributed by atoms with Crippen molar-refractivity contribution in [2.75, 3.05) is 12.4 Å². The summed E-state index contributed by atoms with van der Waals surface area (Å²) in [5.74, 6) is 0.726. The summed E-state index contributed by atoms with van der Waals surface area (Å²) in [5, 5.41) is 12.8. The summed E-state index contributed by atoms with van der Waals surface area (Å²) in [6.45, 7) is 2.45. The highest BCUT2D eigenvalue weighted by molar-refractivity contribution is 7.99. The number of hydrazone groups is 1. The number of alkyl halides is 3. The van der Waals surface area contributed by atoms with E-state index in [1.54, 1.807) is 0 Å². The van der Waals surface area contributed by atoms with E-state index in [9.17, 15) is 18.0 Å². The fourth-order valence-electron chi connectivity index (χ4n) is 3.43. The number of benzene rings is 3. The van der Waals surface area contributed by atoms with Crippen LogP contribution in [-0.2, 0) is 11.0 Å². The lowest BCUT2D eigenvalue weighted by Gasteiger charge is -2.11. The highest BCUT2D eigenvalue weighted by atomic mass is 32.2. The number of carbonyl (C=O) groups excluding carboxylic acids is 1. The Balaban J connectivity index is 1.50. The predicted molar refractivity (Wildman–Crippen MR) is 136 cm³/mol. The zero-order valence-corrected chi connectivity index (χ0v) is 20.5. The molecule has 1 heterocycles. The van der Waals surface area contributed by atoms with Crippen molar-refractivity contribution in [3.05, 3.63) is 90.0 Å². The Bertz CT molecular complexity index is 1370. The molecule has 0 aliphatic rings. The van der Waals surface area contributed by atoms with Gasteiger partial charge in [0.15, 0.2) is 11.0 Å². The first-order chi connectivity index (χ1) is 17.9. The van der Waals surface area contributed by atoms with E-state index in [2.05, 4.69) is 20.7 Å². The Labute approximate surface area is 215 Å². The molecule has 1 aromatic heterocycles. The molecule has 11 heteroatoms. The minimum atomic E-state index is -4.52. The molecule has 0 fully saturated rings. The van der Waals surface area contributed by atoms with Gasteiger partial charge in [0, 0.05) is 16.8 Å². The third kappa shape index (κ3) is 6.56. The molecule has 0 spiro atoms. The molecule has 3 aromatic carbocycles. The molecule has 4 rings (SSSR count). The van der Waals surface area contributed by atoms with E-state index in [1.165, 1.54) is 18.2 Å². The van der Waals surface area contributed by atoms with Crippen molar-refractivity contribution in [1.29, 1.82) is 0 Å². The quantitative estimate of drug-likeness (QED) is 0.175. The second-order valence-electron chi connectivity index (χ2n) is 7.60. The SMILES string of the molecule is CCOc1ccc(-n2c(SCC(=O)N/N=C\c3ccccc3C(F)(F)F)nnc2-c2ccccc2)cc1. The molecule has 37 heavy (non-hydrogen) atoms. The Morgan fingerprint density at radius 2 is 1.73 bits per heavy atom. The van der Waals surface area contributed by atoms with Gasteiger partial charge < -0.3 is 4.74 Å². The van der Waals surface area contributed by atoms with Crippen LogP contribution in [0.25, 0.3) is 17.1 Å². The second-order valence-corrected chi connectivity index (χ2v) is 8.54. The Morgan fingerprint density at radius 3 is 2.43 bits per heavy atom. The van der Waals surface area contributed by atoms with E-state index in [0.29, 0.717) is 17.6 Å². The molecule has 0 atom stereocenters. The minimum Gasteiger partial charge on any atom is -0.494 e. The lowest BCUT2D eigenvalue weighted by atomic mass is 10.1. The molecule has 0 saturated carbocycles. The third-order valence-corrected chi connectivity index (χ3v) is 5.99. The van der Waals surface area contributed by atoms with E-state index in [0.717, 1.165) is 41.0 Å². The van der Waals surface area contributed by atoms with Crippen molar-refractivity contribution in [2.45, 2.75) is 18.3 Å². The van der Waals surface area contributed by atoms with E-state index < -0.39 is 17.6 Å². The van der Waals surface area contributed by atoms with Gasteiger partial charge in [-0.3, -0.25) is 9.36 Å². The standard InChI is InChI=1S/C26H22F3N5O2S/c1-2-36-21-14-12-20(13-15-21)34-24(18-8-4-3-5-9-18)32-33-25(34)37-17-23(35)31-30-16-19-10-6-7-11-22(19)26(27,28)29/h3-16H,2,17H2,1H3,(H,31,35)/b30-16-. The summed E-state index contributed by atoms with van der Waals surface area (Å²) < 4.78 is 46.7. The zero-order chi connectivity index (χ0) is 26.3. The Kier molecular flexibility index (Phi) is 8.24. The molecular formula is C26H22F3N5O2S. The number of carbonyl (C=O) groups is 1. The van der Waals surface area contributed by atoms with Gasteiger partial charge in [-0.05, 0) is 37.3 Å². The van der Waals surface area contributed by atoms with Crippen LogP contribution in [0.2, 0.25) is 0 Å². The number of amides is 1. The molecule has 190 valence electrons.